The van der Waals surface area contributed by atoms with E-state index in [9.17, 15) is 4.39 Å². The first-order valence-electron chi connectivity index (χ1n) is 5.00. The molecule has 0 saturated carbocycles. The van der Waals surface area contributed by atoms with Crippen LogP contribution in [0.5, 0.6) is 0 Å². The predicted octanol–water partition coefficient (Wildman–Crippen LogP) is 3.39. The third-order valence-corrected chi connectivity index (χ3v) is 2.29. The Kier molecular flexibility index (Phi) is 4.43. The molecule has 0 aliphatic carbocycles. The largest absolute Gasteiger partial charge is 0.226 e. The van der Waals surface area contributed by atoms with E-state index in [4.69, 9.17) is 11.6 Å². The van der Waals surface area contributed by atoms with E-state index in [1.807, 2.05) is 20.8 Å². The molecule has 16 heavy (non-hydrogen) atoms. The van der Waals surface area contributed by atoms with Gasteiger partial charge in [-0.15, -0.1) is 0 Å². The van der Waals surface area contributed by atoms with Crippen LogP contribution in [0.15, 0.2) is 24.5 Å². The highest BCUT2D eigenvalue weighted by atomic mass is 35.5. The molecule has 86 valence electrons. The molecular weight excluding hydrogens is 229 g/mol. The average Bonchev–Trinajstić information content (AvgIpc) is 2.64. The number of pyridine rings is 1. The van der Waals surface area contributed by atoms with Crippen LogP contribution in [0.2, 0.25) is 5.15 Å². The van der Waals surface area contributed by atoms with Gasteiger partial charge >= 0.3 is 0 Å². The number of halogens is 2. The van der Waals surface area contributed by atoms with Crippen LogP contribution in [0.4, 0.5) is 4.39 Å². The van der Waals surface area contributed by atoms with Crippen molar-refractivity contribution in [2.75, 3.05) is 0 Å². The fourth-order valence-corrected chi connectivity index (χ4v) is 1.28. The van der Waals surface area contributed by atoms with Gasteiger partial charge in [0.25, 0.3) is 0 Å². The number of aromatic nitrogens is 3. The molecule has 2 aromatic rings. The van der Waals surface area contributed by atoms with Gasteiger partial charge in [0.2, 0.25) is 5.95 Å². The van der Waals surface area contributed by atoms with E-state index < -0.39 is 5.95 Å². The quantitative estimate of drug-likeness (QED) is 0.717. The zero-order valence-electron chi connectivity index (χ0n) is 9.41. The first-order valence-corrected chi connectivity index (χ1v) is 5.38. The molecule has 2 rings (SSSR count). The van der Waals surface area contributed by atoms with Crippen LogP contribution in [-0.4, -0.2) is 14.8 Å². The van der Waals surface area contributed by atoms with E-state index >= 15 is 0 Å². The van der Waals surface area contributed by atoms with Crippen LogP contribution in [-0.2, 0) is 0 Å². The van der Waals surface area contributed by atoms with Gasteiger partial charge in [-0.2, -0.15) is 9.49 Å². The normalized spacial score (nSPS) is 9.56. The maximum Gasteiger partial charge on any atom is 0.212 e. The minimum Gasteiger partial charge on any atom is -0.226 e. The fourth-order valence-electron chi connectivity index (χ4n) is 1.09. The van der Waals surface area contributed by atoms with Gasteiger partial charge in [-0.05, 0) is 19.1 Å². The summed E-state index contributed by atoms with van der Waals surface area (Å²) in [6.45, 7) is 5.85. The zero-order chi connectivity index (χ0) is 12.1. The summed E-state index contributed by atoms with van der Waals surface area (Å²) in [5, 5.41) is 4.55. The van der Waals surface area contributed by atoms with Crippen molar-refractivity contribution in [1.82, 2.24) is 14.8 Å². The molecule has 0 aliphatic rings. The molecule has 0 unspecified atom stereocenters. The minimum atomic E-state index is -0.520. The Morgan fingerprint density at radius 2 is 1.94 bits per heavy atom. The second-order valence-electron chi connectivity index (χ2n) is 2.87. The Labute approximate surface area is 98.9 Å². The fraction of sp³-hybridized carbons (Fsp3) is 0.273. The van der Waals surface area contributed by atoms with Gasteiger partial charge in [0.15, 0.2) is 0 Å². The molecule has 0 bridgehead atoms. The van der Waals surface area contributed by atoms with Gasteiger partial charge < -0.3 is 0 Å². The van der Waals surface area contributed by atoms with Gasteiger partial charge in [0.05, 0.1) is 18.1 Å². The van der Waals surface area contributed by atoms with Crippen LogP contribution in [0, 0.1) is 12.9 Å². The smallest absolute Gasteiger partial charge is 0.212 e. The second-order valence-corrected chi connectivity index (χ2v) is 3.23. The van der Waals surface area contributed by atoms with Crippen molar-refractivity contribution < 1.29 is 4.39 Å². The molecule has 2 heterocycles. The lowest BCUT2D eigenvalue weighted by Gasteiger charge is -2.01. The summed E-state index contributed by atoms with van der Waals surface area (Å²) in [5.41, 5.74) is 1.51. The molecule has 0 aromatic carbocycles. The molecule has 0 fully saturated rings. The number of rotatable bonds is 1. The molecule has 0 radical (unpaired) electrons. The first kappa shape index (κ1) is 12.6. The third-order valence-electron chi connectivity index (χ3n) is 1.83. The SMILES string of the molecule is CC.Cc1cnn(-c2ccc(F)nc2)c1Cl. The molecule has 5 heteroatoms. The second kappa shape index (κ2) is 5.61. The maximum absolute atomic E-state index is 12.5. The van der Waals surface area contributed by atoms with E-state index in [-0.39, 0.29) is 0 Å². The van der Waals surface area contributed by atoms with Crippen LogP contribution < -0.4 is 0 Å². The summed E-state index contributed by atoms with van der Waals surface area (Å²) < 4.78 is 14.0. The van der Waals surface area contributed by atoms with Crippen molar-refractivity contribution in [3.63, 3.8) is 0 Å². The van der Waals surface area contributed by atoms with Gasteiger partial charge in [-0.3, -0.25) is 0 Å². The lowest BCUT2D eigenvalue weighted by atomic mass is 10.4. The Morgan fingerprint density at radius 1 is 1.25 bits per heavy atom. The van der Waals surface area contributed by atoms with Crippen LogP contribution >= 0.6 is 11.6 Å². The lowest BCUT2D eigenvalue weighted by Crippen LogP contribution is -1.97. The molecule has 2 aromatic heterocycles. The summed E-state index contributed by atoms with van der Waals surface area (Å²) in [7, 11) is 0. The number of nitrogens with zero attached hydrogens (tertiary/aromatic N) is 3. The molecule has 0 amide bonds. The van der Waals surface area contributed by atoms with Crippen molar-refractivity contribution >= 4 is 11.6 Å². The summed E-state index contributed by atoms with van der Waals surface area (Å²) in [6.07, 6.45) is 3.03. The van der Waals surface area contributed by atoms with Gasteiger partial charge in [-0.1, -0.05) is 25.4 Å². The summed E-state index contributed by atoms with van der Waals surface area (Å²) in [6, 6.07) is 2.84. The molecule has 0 N–H and O–H groups in total. The van der Waals surface area contributed by atoms with E-state index in [1.54, 1.807) is 12.3 Å². The van der Waals surface area contributed by atoms with Crippen LogP contribution in [0.25, 0.3) is 5.69 Å². The third kappa shape index (κ3) is 2.58. The van der Waals surface area contributed by atoms with E-state index in [2.05, 4.69) is 10.1 Å². The van der Waals surface area contributed by atoms with Crippen molar-refractivity contribution in [1.29, 1.82) is 0 Å². The van der Waals surface area contributed by atoms with Gasteiger partial charge in [0.1, 0.15) is 5.15 Å². The van der Waals surface area contributed by atoms with Gasteiger partial charge in [0, 0.05) is 5.56 Å². The molecule has 0 spiro atoms. The molecule has 0 saturated heterocycles. The van der Waals surface area contributed by atoms with Crippen molar-refractivity contribution in [3.05, 3.63) is 41.2 Å². The first-order chi connectivity index (χ1) is 7.68. The van der Waals surface area contributed by atoms with Gasteiger partial charge in [-0.25, -0.2) is 9.67 Å². The van der Waals surface area contributed by atoms with E-state index in [1.165, 1.54) is 16.9 Å². The predicted molar refractivity (Wildman–Crippen MR) is 62.4 cm³/mol. The highest BCUT2D eigenvalue weighted by molar-refractivity contribution is 6.30. The summed E-state index contributed by atoms with van der Waals surface area (Å²) in [5.74, 6) is -0.520. The Bertz CT molecular complexity index is 451. The average molecular weight is 242 g/mol. The van der Waals surface area contributed by atoms with Crippen molar-refractivity contribution in [2.45, 2.75) is 20.8 Å². The van der Waals surface area contributed by atoms with Crippen molar-refractivity contribution in [3.8, 4) is 5.69 Å². The standard InChI is InChI=1S/C9H7ClFN3.C2H6/c1-6-4-13-14(9(6)10)7-2-3-8(11)12-5-7;1-2/h2-5H,1H3;1-2H3. The van der Waals surface area contributed by atoms with Crippen molar-refractivity contribution in [2.24, 2.45) is 0 Å². The van der Waals surface area contributed by atoms with E-state index in [0.717, 1.165) is 5.56 Å². The monoisotopic (exact) mass is 241 g/mol. The number of hydrogen-bond donors (Lipinski definition) is 0. The van der Waals surface area contributed by atoms with Crippen LogP contribution in [0.3, 0.4) is 0 Å². The highest BCUT2D eigenvalue weighted by Crippen LogP contribution is 2.18. The Morgan fingerprint density at radius 3 is 2.38 bits per heavy atom. The summed E-state index contributed by atoms with van der Waals surface area (Å²) >= 11 is 5.96. The molecule has 3 nitrogen and oxygen atoms in total. The Balaban J connectivity index is 0.000000606. The maximum atomic E-state index is 12.5. The number of hydrogen-bond acceptors (Lipinski definition) is 2. The molecular formula is C11H13ClFN3. The molecule has 0 aliphatic heterocycles. The van der Waals surface area contributed by atoms with Crippen LogP contribution in [0.1, 0.15) is 19.4 Å². The number of aryl methyl sites for hydroxylation is 1. The molecule has 0 atom stereocenters. The zero-order valence-corrected chi connectivity index (χ0v) is 10.2. The highest BCUT2D eigenvalue weighted by Gasteiger charge is 2.06. The Hall–Kier alpha value is -1.42. The topological polar surface area (TPSA) is 30.7 Å². The lowest BCUT2D eigenvalue weighted by molar-refractivity contribution is 0.582. The minimum absolute atomic E-state index is 0.512. The summed E-state index contributed by atoms with van der Waals surface area (Å²) in [4.78, 5) is 3.52. The van der Waals surface area contributed by atoms with E-state index in [0.29, 0.717) is 10.8 Å².